The molecule has 1 atom stereocenters. The maximum Gasteiger partial charge on any atom is 0.338 e. The van der Waals surface area contributed by atoms with Crippen molar-refractivity contribution in [3.63, 3.8) is 0 Å². The Kier molecular flexibility index (Phi) is 9.07. The Morgan fingerprint density at radius 2 is 1.74 bits per heavy atom. The van der Waals surface area contributed by atoms with Crippen LogP contribution in [0.1, 0.15) is 33.5 Å². The molecule has 0 saturated carbocycles. The lowest BCUT2D eigenvalue weighted by Gasteiger charge is -2.17. The number of hydrogen-bond donors (Lipinski definition) is 1. The van der Waals surface area contributed by atoms with Gasteiger partial charge in [-0.15, -0.1) is 0 Å². The van der Waals surface area contributed by atoms with Crippen LogP contribution in [0, 0.1) is 13.8 Å². The van der Waals surface area contributed by atoms with E-state index in [2.05, 4.69) is 45.3 Å². The molecular weight excluding hydrogens is 668 g/mol. The van der Waals surface area contributed by atoms with Gasteiger partial charge in [-0.3, -0.25) is 14.7 Å². The zero-order chi connectivity index (χ0) is 36.5. The average Bonchev–Trinajstić information content (AvgIpc) is 3.81. The fourth-order valence-electron chi connectivity index (χ4n) is 7.02. The maximum atomic E-state index is 12.9. The Bertz CT molecular complexity index is 2560. The molecule has 1 aliphatic rings. The van der Waals surface area contributed by atoms with E-state index < -0.39 is 0 Å². The van der Waals surface area contributed by atoms with Gasteiger partial charge in [-0.05, 0) is 90.6 Å². The monoisotopic (exact) mass is 704 g/mol. The number of esters is 1. The molecule has 7 aromatic rings. The number of hydrogen-bond acceptors (Lipinski definition) is 10. The third kappa shape index (κ3) is 6.70. The summed E-state index contributed by atoms with van der Waals surface area (Å²) in [7, 11) is 0. The lowest BCUT2D eigenvalue weighted by molar-refractivity contribution is -0.108. The van der Waals surface area contributed by atoms with Crippen LogP contribution in [0.3, 0.4) is 0 Å². The first-order valence-corrected chi connectivity index (χ1v) is 17.5. The van der Waals surface area contributed by atoms with E-state index in [1.807, 2.05) is 61.7 Å². The fourth-order valence-corrected chi connectivity index (χ4v) is 7.02. The molecular formula is C42H36N6O5. The van der Waals surface area contributed by atoms with Crippen molar-refractivity contribution in [3.05, 3.63) is 136 Å². The lowest BCUT2D eigenvalue weighted by atomic mass is 9.93. The van der Waals surface area contributed by atoms with Crippen molar-refractivity contribution >= 4 is 45.8 Å². The van der Waals surface area contributed by atoms with Crippen molar-refractivity contribution < 1.29 is 18.7 Å². The van der Waals surface area contributed by atoms with Gasteiger partial charge in [-0.1, -0.05) is 42.5 Å². The minimum Gasteiger partial charge on any atom is -0.457 e. The predicted octanol–water partition coefficient (Wildman–Crippen LogP) is 7.26. The number of carbonyl (C=O) groups is 2. The third-order valence-electron chi connectivity index (χ3n) is 9.81. The Balaban J connectivity index is 1.00. The quantitative estimate of drug-likeness (QED) is 0.115. The van der Waals surface area contributed by atoms with E-state index in [0.29, 0.717) is 42.2 Å². The molecule has 5 heterocycles. The summed E-state index contributed by atoms with van der Waals surface area (Å²) < 4.78 is 13.1. The van der Waals surface area contributed by atoms with E-state index in [0.717, 1.165) is 62.9 Å². The van der Waals surface area contributed by atoms with Crippen LogP contribution in [0.2, 0.25) is 0 Å². The molecule has 0 amide bonds. The first-order chi connectivity index (χ1) is 25.9. The topological polar surface area (TPSA) is 132 Å². The molecule has 0 unspecified atom stereocenters. The molecule has 11 nitrogen and oxygen atoms in total. The number of rotatable bonds is 10. The summed E-state index contributed by atoms with van der Waals surface area (Å²) in [5.74, 6) is 0.710. The third-order valence-corrected chi connectivity index (χ3v) is 9.81. The Hall–Kier alpha value is -6.46. The molecule has 8 rings (SSSR count). The average molecular weight is 705 g/mol. The Morgan fingerprint density at radius 3 is 2.57 bits per heavy atom. The van der Waals surface area contributed by atoms with E-state index in [9.17, 15) is 14.4 Å². The molecule has 0 spiro atoms. The van der Waals surface area contributed by atoms with Crippen LogP contribution >= 0.6 is 0 Å². The number of nitrogens with zero attached hydrogens (tertiary/aromatic N) is 5. The Morgan fingerprint density at radius 1 is 0.943 bits per heavy atom. The molecule has 53 heavy (non-hydrogen) atoms. The number of ether oxygens (including phenoxy) is 1. The number of likely N-dealkylation sites (tertiary alicyclic amines) is 1. The van der Waals surface area contributed by atoms with Crippen molar-refractivity contribution in [3.8, 4) is 22.6 Å². The molecule has 1 saturated heterocycles. The summed E-state index contributed by atoms with van der Waals surface area (Å²) in [6.07, 6.45) is 6.54. The minimum absolute atomic E-state index is 0.0448. The summed E-state index contributed by atoms with van der Waals surface area (Å²) in [5, 5.41) is 4.51. The summed E-state index contributed by atoms with van der Waals surface area (Å²) in [4.78, 5) is 52.8. The number of pyridine rings is 3. The molecule has 11 heteroatoms. The highest BCUT2D eigenvalue weighted by molar-refractivity contribution is 5.91. The predicted molar refractivity (Wildman–Crippen MR) is 203 cm³/mol. The highest BCUT2D eigenvalue weighted by Crippen LogP contribution is 2.37. The second kappa shape index (κ2) is 14.3. The number of aromatic nitrogens is 4. The molecule has 3 aromatic carbocycles. The molecule has 1 fully saturated rings. The Labute approximate surface area is 304 Å². The molecule has 0 bridgehead atoms. The van der Waals surface area contributed by atoms with Gasteiger partial charge in [0, 0.05) is 54.9 Å². The minimum atomic E-state index is -0.371. The number of aldehydes is 1. The van der Waals surface area contributed by atoms with Crippen molar-refractivity contribution in [2.45, 2.75) is 39.5 Å². The largest absolute Gasteiger partial charge is 0.457 e. The molecule has 4 aromatic heterocycles. The molecule has 264 valence electrons. The molecule has 0 radical (unpaired) electrons. The zero-order valence-corrected chi connectivity index (χ0v) is 29.3. The lowest BCUT2D eigenvalue weighted by Crippen LogP contribution is -2.24. The van der Waals surface area contributed by atoms with Crippen LogP contribution in [-0.4, -0.2) is 55.9 Å². The van der Waals surface area contributed by atoms with E-state index >= 15 is 0 Å². The van der Waals surface area contributed by atoms with E-state index in [1.54, 1.807) is 24.4 Å². The summed E-state index contributed by atoms with van der Waals surface area (Å²) in [6, 6.07) is 26.9. The molecule has 1 aliphatic heterocycles. The van der Waals surface area contributed by atoms with Gasteiger partial charge >= 0.3 is 5.97 Å². The highest BCUT2D eigenvalue weighted by atomic mass is 16.5. The summed E-state index contributed by atoms with van der Waals surface area (Å²) in [5.41, 5.74) is 8.24. The highest BCUT2D eigenvalue weighted by Gasteiger charge is 2.26. The van der Waals surface area contributed by atoms with Crippen molar-refractivity contribution in [2.75, 3.05) is 18.4 Å². The van der Waals surface area contributed by atoms with Crippen LogP contribution in [0.25, 0.3) is 44.6 Å². The van der Waals surface area contributed by atoms with Gasteiger partial charge in [0.2, 0.25) is 5.89 Å². The van der Waals surface area contributed by atoms with E-state index in [4.69, 9.17) is 14.1 Å². The second-order valence-corrected chi connectivity index (χ2v) is 13.2. The van der Waals surface area contributed by atoms with Gasteiger partial charge in [0.1, 0.15) is 17.9 Å². The number of nitrogens with one attached hydrogen (secondary N) is 1. The van der Waals surface area contributed by atoms with Crippen LogP contribution in [0.15, 0.2) is 113 Å². The number of oxazole rings is 1. The van der Waals surface area contributed by atoms with Gasteiger partial charge in [0.25, 0.3) is 5.56 Å². The number of anilines is 2. The van der Waals surface area contributed by atoms with Crippen LogP contribution in [-0.2, 0) is 22.6 Å². The smallest absolute Gasteiger partial charge is 0.338 e. The number of fused-ring (bicyclic) bond motifs is 2. The van der Waals surface area contributed by atoms with E-state index in [-0.39, 0.29) is 29.7 Å². The van der Waals surface area contributed by atoms with Crippen molar-refractivity contribution in [2.24, 2.45) is 0 Å². The van der Waals surface area contributed by atoms with Gasteiger partial charge in [0.15, 0.2) is 16.9 Å². The van der Waals surface area contributed by atoms with Gasteiger partial charge < -0.3 is 23.8 Å². The fraction of sp³-hybridized carbons (Fsp3) is 0.190. The van der Waals surface area contributed by atoms with Crippen molar-refractivity contribution in [1.29, 1.82) is 0 Å². The first kappa shape index (κ1) is 33.7. The zero-order valence-electron chi connectivity index (χ0n) is 29.3. The number of carbonyl (C=O) groups excluding carboxylic acids is 2. The van der Waals surface area contributed by atoms with Gasteiger partial charge in [0.05, 0.1) is 12.1 Å². The summed E-state index contributed by atoms with van der Waals surface area (Å²) >= 11 is 0. The van der Waals surface area contributed by atoms with Gasteiger partial charge in [-0.25, -0.2) is 14.8 Å². The van der Waals surface area contributed by atoms with Crippen LogP contribution in [0.5, 0.6) is 0 Å². The standard InChI is InChI=1S/C42H36N6O5/c1-26-32(10-6-12-34(26)40-46-38-36(53-40)16-19-48(20-21-49)41(38)50)33-11-7-13-35(27(33)2)45-39-37-30(14-17-43-39)22-28(23-44-37)24-47-18-15-31(25-47)52-42(51)29-8-4-3-5-9-29/h3-14,16-17,19,21-23,31H,15,18,20,24-25H2,1-2H3,(H,43,45)/t31-/m1/s1. The first-order valence-electron chi connectivity index (χ1n) is 17.5. The summed E-state index contributed by atoms with van der Waals surface area (Å²) in [6.45, 7) is 6.25. The van der Waals surface area contributed by atoms with Crippen LogP contribution < -0.4 is 10.9 Å². The molecule has 0 aliphatic carbocycles. The maximum absolute atomic E-state index is 12.9. The normalized spacial score (nSPS) is 14.5. The molecule has 1 N–H and O–H groups in total. The van der Waals surface area contributed by atoms with Crippen LogP contribution in [0.4, 0.5) is 11.5 Å². The van der Waals surface area contributed by atoms with Crippen molar-refractivity contribution in [1.82, 2.24) is 24.4 Å². The van der Waals surface area contributed by atoms with Gasteiger partial charge in [-0.2, -0.15) is 0 Å². The SMILES string of the molecule is Cc1c(Nc2nccc3cc(CN4CC[C@@H](OC(=O)c5ccccc5)C4)cnc23)cccc1-c1cccc(-c2nc3c(=O)n(CC=O)ccc3o2)c1C. The number of benzene rings is 3. The van der Waals surface area contributed by atoms with E-state index in [1.165, 1.54) is 10.8 Å². The second-order valence-electron chi connectivity index (χ2n) is 13.2.